The molecular weight excluding hydrogens is 411 g/mol. The number of hydrogen-bond acceptors (Lipinski definition) is 5. The van der Waals surface area contributed by atoms with E-state index < -0.39 is 6.03 Å². The molecule has 0 bridgehead atoms. The van der Waals surface area contributed by atoms with Crippen molar-refractivity contribution < 1.29 is 13.9 Å². The molecule has 2 N–H and O–H groups in total. The Bertz CT molecular complexity index is 855. The van der Waals surface area contributed by atoms with Crippen LogP contribution >= 0.6 is 27.3 Å². The van der Waals surface area contributed by atoms with Crippen molar-refractivity contribution in [3.05, 3.63) is 63.8 Å². The van der Waals surface area contributed by atoms with Gasteiger partial charge in [0.05, 0.1) is 0 Å². The van der Waals surface area contributed by atoms with E-state index in [9.17, 15) is 9.18 Å². The molecule has 0 radical (unpaired) electrons. The summed E-state index contributed by atoms with van der Waals surface area (Å²) in [6, 6.07) is 12.4. The van der Waals surface area contributed by atoms with Crippen LogP contribution in [0.4, 0.5) is 20.0 Å². The lowest BCUT2D eigenvalue weighted by atomic mass is 10.3. The predicted octanol–water partition coefficient (Wildman–Crippen LogP) is 4.66. The van der Waals surface area contributed by atoms with Gasteiger partial charge in [0.15, 0.2) is 5.01 Å². The van der Waals surface area contributed by atoms with Crippen molar-refractivity contribution in [2.24, 2.45) is 0 Å². The fourth-order valence-electron chi connectivity index (χ4n) is 1.83. The molecule has 0 atom stereocenters. The van der Waals surface area contributed by atoms with Gasteiger partial charge < -0.3 is 10.1 Å². The van der Waals surface area contributed by atoms with E-state index in [2.05, 4.69) is 36.8 Å². The Labute approximate surface area is 155 Å². The first-order valence-electron chi connectivity index (χ1n) is 7.13. The summed E-state index contributed by atoms with van der Waals surface area (Å²) in [6.45, 7) is 0.251. The Morgan fingerprint density at radius 1 is 1.08 bits per heavy atom. The summed E-state index contributed by atoms with van der Waals surface area (Å²) in [5, 5.41) is 14.0. The summed E-state index contributed by atoms with van der Waals surface area (Å²) in [7, 11) is 0. The van der Waals surface area contributed by atoms with Gasteiger partial charge in [-0.25, -0.2) is 9.18 Å². The van der Waals surface area contributed by atoms with Crippen LogP contribution in [0.15, 0.2) is 53.0 Å². The van der Waals surface area contributed by atoms with Crippen molar-refractivity contribution in [1.29, 1.82) is 0 Å². The van der Waals surface area contributed by atoms with Crippen molar-refractivity contribution in [3.63, 3.8) is 0 Å². The number of amides is 2. The molecule has 0 saturated heterocycles. The van der Waals surface area contributed by atoms with Gasteiger partial charge in [0, 0.05) is 10.2 Å². The van der Waals surface area contributed by atoms with Crippen LogP contribution in [-0.4, -0.2) is 16.2 Å². The second-order valence-corrected chi connectivity index (χ2v) is 6.81. The van der Waals surface area contributed by atoms with Gasteiger partial charge in [-0.3, -0.25) is 5.32 Å². The molecule has 0 aliphatic rings. The Morgan fingerprint density at radius 3 is 2.52 bits per heavy atom. The number of rotatable bonds is 5. The zero-order chi connectivity index (χ0) is 17.6. The molecule has 1 heterocycles. The first-order chi connectivity index (χ1) is 12.1. The lowest BCUT2D eigenvalue weighted by molar-refractivity contribution is 0.262. The number of benzene rings is 2. The molecule has 0 fully saturated rings. The van der Waals surface area contributed by atoms with Crippen LogP contribution in [0, 0.1) is 5.82 Å². The topological polar surface area (TPSA) is 76.1 Å². The minimum absolute atomic E-state index is 0.251. The maximum absolute atomic E-state index is 12.8. The van der Waals surface area contributed by atoms with Crippen LogP contribution in [0.3, 0.4) is 0 Å². The van der Waals surface area contributed by atoms with Gasteiger partial charge in [0.1, 0.15) is 18.2 Å². The van der Waals surface area contributed by atoms with Crippen molar-refractivity contribution in [2.75, 3.05) is 10.6 Å². The first-order valence-corrected chi connectivity index (χ1v) is 8.74. The van der Waals surface area contributed by atoms with Crippen LogP contribution in [0.1, 0.15) is 5.01 Å². The summed E-state index contributed by atoms with van der Waals surface area (Å²) in [5.74, 6) is 0.340. The minimum atomic E-state index is -0.483. The molecule has 2 aromatic carbocycles. The maximum Gasteiger partial charge on any atom is 0.325 e. The molecule has 1 aromatic heterocycles. The molecule has 3 rings (SSSR count). The van der Waals surface area contributed by atoms with Crippen molar-refractivity contribution in [2.45, 2.75) is 6.61 Å². The van der Waals surface area contributed by atoms with Crippen LogP contribution < -0.4 is 15.4 Å². The SMILES string of the molecule is O=C(Nc1ccc(F)cc1)Nc1nnc(COc2ccc(Br)cc2)s1. The zero-order valence-electron chi connectivity index (χ0n) is 12.7. The number of hydrogen-bond donors (Lipinski definition) is 2. The number of carbonyl (C=O) groups excluding carboxylic acids is 1. The predicted molar refractivity (Wildman–Crippen MR) is 97.4 cm³/mol. The highest BCUT2D eigenvalue weighted by Crippen LogP contribution is 2.20. The van der Waals surface area contributed by atoms with E-state index in [4.69, 9.17) is 4.74 Å². The van der Waals surface area contributed by atoms with Gasteiger partial charge in [-0.05, 0) is 48.5 Å². The third-order valence-electron chi connectivity index (χ3n) is 2.97. The van der Waals surface area contributed by atoms with Gasteiger partial charge in [-0.2, -0.15) is 0 Å². The minimum Gasteiger partial charge on any atom is -0.486 e. The third kappa shape index (κ3) is 5.23. The average Bonchev–Trinajstić information content (AvgIpc) is 3.04. The van der Waals surface area contributed by atoms with E-state index >= 15 is 0 Å². The van der Waals surface area contributed by atoms with Crippen molar-refractivity contribution >= 4 is 44.1 Å². The summed E-state index contributed by atoms with van der Waals surface area (Å²) >= 11 is 4.56. The van der Waals surface area contributed by atoms with E-state index in [1.165, 1.54) is 35.6 Å². The third-order valence-corrected chi connectivity index (χ3v) is 4.31. The molecule has 0 aliphatic heterocycles. The largest absolute Gasteiger partial charge is 0.486 e. The zero-order valence-corrected chi connectivity index (χ0v) is 15.1. The first kappa shape index (κ1) is 17.3. The highest BCUT2D eigenvalue weighted by molar-refractivity contribution is 9.10. The number of ether oxygens (including phenoxy) is 1. The van der Waals surface area contributed by atoms with Gasteiger partial charge >= 0.3 is 6.03 Å². The standard InChI is InChI=1S/C16H12BrFN4O2S/c17-10-1-7-13(8-2-10)24-9-14-21-22-16(25-14)20-15(23)19-12-5-3-11(18)4-6-12/h1-8H,9H2,(H2,19,20,22,23). The van der Waals surface area contributed by atoms with E-state index in [0.29, 0.717) is 21.6 Å². The van der Waals surface area contributed by atoms with Crippen molar-refractivity contribution in [3.8, 4) is 5.75 Å². The highest BCUT2D eigenvalue weighted by atomic mass is 79.9. The fourth-order valence-corrected chi connectivity index (χ4v) is 2.74. The normalized spacial score (nSPS) is 10.3. The summed E-state index contributed by atoms with van der Waals surface area (Å²) in [6.07, 6.45) is 0. The van der Waals surface area contributed by atoms with Gasteiger partial charge in [0.2, 0.25) is 5.13 Å². The number of carbonyl (C=O) groups is 1. The quantitative estimate of drug-likeness (QED) is 0.626. The van der Waals surface area contributed by atoms with Crippen LogP contribution in [0.25, 0.3) is 0 Å². The average molecular weight is 423 g/mol. The second-order valence-electron chi connectivity index (χ2n) is 4.83. The van der Waals surface area contributed by atoms with Crippen LogP contribution in [-0.2, 0) is 6.61 Å². The number of urea groups is 1. The molecule has 9 heteroatoms. The molecule has 0 spiro atoms. The van der Waals surface area contributed by atoms with E-state index in [0.717, 1.165) is 4.47 Å². The Morgan fingerprint density at radius 2 is 1.80 bits per heavy atom. The van der Waals surface area contributed by atoms with Gasteiger partial charge in [0.25, 0.3) is 0 Å². The van der Waals surface area contributed by atoms with Crippen molar-refractivity contribution in [1.82, 2.24) is 10.2 Å². The second kappa shape index (κ2) is 8.04. The van der Waals surface area contributed by atoms with Gasteiger partial charge in [-0.1, -0.05) is 27.3 Å². The Balaban J connectivity index is 1.51. The molecule has 3 aromatic rings. The lowest BCUT2D eigenvalue weighted by Crippen LogP contribution is -2.19. The van der Waals surface area contributed by atoms with E-state index in [-0.39, 0.29) is 12.4 Å². The molecule has 25 heavy (non-hydrogen) atoms. The smallest absolute Gasteiger partial charge is 0.325 e. The highest BCUT2D eigenvalue weighted by Gasteiger charge is 2.09. The maximum atomic E-state index is 12.8. The monoisotopic (exact) mass is 422 g/mol. The van der Waals surface area contributed by atoms with Crippen LogP contribution in [0.2, 0.25) is 0 Å². The summed E-state index contributed by atoms with van der Waals surface area (Å²) < 4.78 is 19.4. The lowest BCUT2D eigenvalue weighted by Gasteiger charge is -2.04. The number of halogens is 2. The molecule has 6 nitrogen and oxygen atoms in total. The van der Waals surface area contributed by atoms with Crippen LogP contribution in [0.5, 0.6) is 5.75 Å². The number of nitrogens with zero attached hydrogens (tertiary/aromatic N) is 2. The Hall–Kier alpha value is -2.52. The summed E-state index contributed by atoms with van der Waals surface area (Å²) in [5.41, 5.74) is 0.474. The van der Waals surface area contributed by atoms with Gasteiger partial charge in [-0.15, -0.1) is 10.2 Å². The van der Waals surface area contributed by atoms with E-state index in [1.54, 1.807) is 0 Å². The molecule has 0 unspecified atom stereocenters. The molecule has 0 aliphatic carbocycles. The molecular formula is C16H12BrFN4O2S. The number of nitrogens with one attached hydrogen (secondary N) is 2. The summed E-state index contributed by atoms with van der Waals surface area (Å²) in [4.78, 5) is 11.9. The number of anilines is 2. The Kier molecular flexibility index (Phi) is 5.56. The molecule has 0 saturated carbocycles. The number of aromatic nitrogens is 2. The molecule has 128 valence electrons. The molecule has 2 amide bonds. The van der Waals surface area contributed by atoms with E-state index in [1.807, 2.05) is 24.3 Å². The fraction of sp³-hybridized carbons (Fsp3) is 0.0625.